The van der Waals surface area contributed by atoms with E-state index in [0.717, 1.165) is 12.0 Å². The summed E-state index contributed by atoms with van der Waals surface area (Å²) in [5.74, 6) is 0.799. The average molecular weight is 281 g/mol. The quantitative estimate of drug-likeness (QED) is 0.854. The molecule has 2 fully saturated rings. The molecule has 1 aliphatic heterocycles. The van der Waals surface area contributed by atoms with Gasteiger partial charge in [0.25, 0.3) is 0 Å². The van der Waals surface area contributed by atoms with Crippen molar-refractivity contribution in [1.82, 2.24) is 15.1 Å². The number of piperazine rings is 1. The topological polar surface area (TPSA) is 18.5 Å². The van der Waals surface area contributed by atoms with Crippen LogP contribution in [0.4, 0.5) is 0 Å². The summed E-state index contributed by atoms with van der Waals surface area (Å²) in [7, 11) is 2.16. The zero-order chi connectivity index (χ0) is 14.4. The summed E-state index contributed by atoms with van der Waals surface area (Å²) in [4.78, 5) is 5.43. The summed E-state index contributed by atoms with van der Waals surface area (Å²) in [5, 5.41) is 3.61. The van der Waals surface area contributed by atoms with Gasteiger partial charge in [-0.25, -0.2) is 0 Å². The van der Waals surface area contributed by atoms with E-state index in [2.05, 4.69) is 36.0 Å². The maximum Gasteiger partial charge on any atom is 0.0250 e. The number of nitrogens with one attached hydrogen (secondary N) is 1. The summed E-state index contributed by atoms with van der Waals surface area (Å²) >= 11 is 0. The summed E-state index contributed by atoms with van der Waals surface area (Å²) in [5.41, 5.74) is 0. The highest BCUT2D eigenvalue weighted by Crippen LogP contribution is 2.23. The zero-order valence-corrected chi connectivity index (χ0v) is 13.9. The molecule has 2 aliphatic rings. The van der Waals surface area contributed by atoms with Crippen molar-refractivity contribution in [1.29, 1.82) is 0 Å². The lowest BCUT2D eigenvalue weighted by molar-refractivity contribution is 0.0644. The second kappa shape index (κ2) is 8.35. The number of rotatable bonds is 4. The third-order valence-corrected chi connectivity index (χ3v) is 5.10. The van der Waals surface area contributed by atoms with Crippen molar-refractivity contribution < 1.29 is 0 Å². The van der Waals surface area contributed by atoms with Gasteiger partial charge in [0.05, 0.1) is 0 Å². The highest BCUT2D eigenvalue weighted by molar-refractivity contribution is 4.88. The molecule has 0 radical (unpaired) electrons. The normalized spacial score (nSPS) is 31.2. The average Bonchev–Trinajstić information content (AvgIpc) is 2.39. The van der Waals surface area contributed by atoms with Crippen molar-refractivity contribution in [3.05, 3.63) is 0 Å². The fourth-order valence-corrected chi connectivity index (χ4v) is 4.03. The summed E-state index contributed by atoms with van der Waals surface area (Å²) in [6.45, 7) is 11.0. The van der Waals surface area contributed by atoms with Crippen LogP contribution in [-0.2, 0) is 0 Å². The van der Waals surface area contributed by atoms with E-state index in [1.165, 1.54) is 71.2 Å². The lowest BCUT2D eigenvalue weighted by Crippen LogP contribution is -2.56. The van der Waals surface area contributed by atoms with Gasteiger partial charge in [-0.3, -0.25) is 4.90 Å². The van der Waals surface area contributed by atoms with Gasteiger partial charge in [0.1, 0.15) is 0 Å². The molecule has 0 aromatic carbocycles. The van der Waals surface area contributed by atoms with Gasteiger partial charge in [-0.15, -0.1) is 0 Å². The van der Waals surface area contributed by atoms with Crippen LogP contribution in [0, 0.1) is 5.92 Å². The van der Waals surface area contributed by atoms with Crippen molar-refractivity contribution in [3.63, 3.8) is 0 Å². The van der Waals surface area contributed by atoms with Gasteiger partial charge < -0.3 is 10.2 Å². The van der Waals surface area contributed by atoms with E-state index >= 15 is 0 Å². The smallest absolute Gasteiger partial charge is 0.0250 e. The Balaban J connectivity index is 1.86. The summed E-state index contributed by atoms with van der Waals surface area (Å²) in [6, 6.07) is 1.49. The van der Waals surface area contributed by atoms with Gasteiger partial charge in [-0.2, -0.15) is 0 Å². The molecule has 0 bridgehead atoms. The maximum atomic E-state index is 3.61. The van der Waals surface area contributed by atoms with Crippen molar-refractivity contribution in [2.24, 2.45) is 5.92 Å². The molecule has 2 rings (SSSR count). The van der Waals surface area contributed by atoms with Gasteiger partial charge in [0.15, 0.2) is 0 Å². The highest BCUT2D eigenvalue weighted by Gasteiger charge is 2.29. The molecular formula is C17H35N3. The van der Waals surface area contributed by atoms with Crippen molar-refractivity contribution in [3.8, 4) is 0 Å². The number of hydrogen-bond acceptors (Lipinski definition) is 3. The zero-order valence-electron chi connectivity index (χ0n) is 13.9. The molecule has 0 spiro atoms. The fraction of sp³-hybridized carbons (Fsp3) is 1.00. The Hall–Kier alpha value is -0.120. The number of hydrogen-bond donors (Lipinski definition) is 1. The third-order valence-electron chi connectivity index (χ3n) is 5.10. The molecule has 0 aromatic rings. The fourth-order valence-electron chi connectivity index (χ4n) is 4.03. The Morgan fingerprint density at radius 1 is 0.950 bits per heavy atom. The minimum Gasteiger partial charge on any atom is -0.315 e. The molecule has 2 atom stereocenters. The first-order valence-electron chi connectivity index (χ1n) is 8.84. The molecule has 1 heterocycles. The van der Waals surface area contributed by atoms with E-state index in [4.69, 9.17) is 0 Å². The predicted molar refractivity (Wildman–Crippen MR) is 87.2 cm³/mol. The monoisotopic (exact) mass is 281 g/mol. The van der Waals surface area contributed by atoms with Crippen LogP contribution >= 0.6 is 0 Å². The lowest BCUT2D eigenvalue weighted by atomic mass is 9.91. The molecule has 0 aromatic heterocycles. The van der Waals surface area contributed by atoms with E-state index in [1.54, 1.807) is 0 Å². The van der Waals surface area contributed by atoms with Crippen molar-refractivity contribution >= 4 is 0 Å². The van der Waals surface area contributed by atoms with Crippen LogP contribution in [0.5, 0.6) is 0 Å². The maximum absolute atomic E-state index is 3.61. The minimum atomic E-state index is 0.715. The molecule has 118 valence electrons. The van der Waals surface area contributed by atoms with Crippen LogP contribution in [0.3, 0.4) is 0 Å². The summed E-state index contributed by atoms with van der Waals surface area (Å²) < 4.78 is 0. The second-order valence-corrected chi connectivity index (χ2v) is 7.18. The number of nitrogens with zero attached hydrogens (tertiary/aromatic N) is 2. The first-order valence-corrected chi connectivity index (χ1v) is 8.84. The van der Waals surface area contributed by atoms with Crippen LogP contribution in [-0.4, -0.2) is 61.7 Å². The molecule has 0 amide bonds. The molecule has 1 aliphatic carbocycles. The van der Waals surface area contributed by atoms with E-state index in [1.807, 2.05) is 0 Å². The molecule has 1 saturated heterocycles. The predicted octanol–water partition coefficient (Wildman–Crippen LogP) is 2.57. The Kier molecular flexibility index (Phi) is 6.79. The van der Waals surface area contributed by atoms with Gasteiger partial charge in [0, 0.05) is 44.8 Å². The van der Waals surface area contributed by atoms with E-state index in [-0.39, 0.29) is 0 Å². The van der Waals surface area contributed by atoms with Crippen molar-refractivity contribution in [2.45, 2.75) is 64.5 Å². The lowest BCUT2D eigenvalue weighted by Gasteiger charge is -2.43. The third kappa shape index (κ3) is 4.71. The van der Waals surface area contributed by atoms with Gasteiger partial charge in [-0.1, -0.05) is 39.5 Å². The van der Waals surface area contributed by atoms with Gasteiger partial charge in [-0.05, 0) is 25.8 Å². The Bertz CT molecular complexity index is 259. The molecular weight excluding hydrogens is 246 g/mol. The van der Waals surface area contributed by atoms with E-state index in [0.29, 0.717) is 6.04 Å². The van der Waals surface area contributed by atoms with Crippen LogP contribution in [0.25, 0.3) is 0 Å². The molecule has 1 saturated carbocycles. The van der Waals surface area contributed by atoms with Gasteiger partial charge in [0.2, 0.25) is 0 Å². The van der Waals surface area contributed by atoms with Gasteiger partial charge >= 0.3 is 0 Å². The van der Waals surface area contributed by atoms with Crippen LogP contribution in [0.1, 0.15) is 52.4 Å². The molecule has 3 heteroatoms. The molecule has 3 nitrogen and oxygen atoms in total. The SMILES string of the molecule is CNC1CCCCCCC1N1CCN(CC(C)C)CC1. The first-order chi connectivity index (χ1) is 9.70. The second-order valence-electron chi connectivity index (χ2n) is 7.18. The van der Waals surface area contributed by atoms with Crippen LogP contribution in [0.15, 0.2) is 0 Å². The minimum absolute atomic E-state index is 0.715. The Morgan fingerprint density at radius 3 is 2.20 bits per heavy atom. The van der Waals surface area contributed by atoms with E-state index < -0.39 is 0 Å². The molecule has 2 unspecified atom stereocenters. The van der Waals surface area contributed by atoms with Crippen LogP contribution < -0.4 is 5.32 Å². The summed E-state index contributed by atoms with van der Waals surface area (Å²) in [6.07, 6.45) is 8.49. The first kappa shape index (κ1) is 16.3. The van der Waals surface area contributed by atoms with Crippen molar-refractivity contribution in [2.75, 3.05) is 39.8 Å². The Labute approximate surface area is 126 Å². The molecule has 20 heavy (non-hydrogen) atoms. The highest BCUT2D eigenvalue weighted by atomic mass is 15.3. The number of likely N-dealkylation sites (N-methyl/N-ethyl adjacent to an activating group) is 1. The van der Waals surface area contributed by atoms with Crippen LogP contribution in [0.2, 0.25) is 0 Å². The Morgan fingerprint density at radius 2 is 1.60 bits per heavy atom. The largest absolute Gasteiger partial charge is 0.315 e. The molecule has 1 N–H and O–H groups in total. The van der Waals surface area contributed by atoms with E-state index in [9.17, 15) is 0 Å². The standard InChI is InChI=1S/C17H35N3/c1-15(2)14-19-10-12-20(13-11-19)17-9-7-5-4-6-8-16(17)18-3/h15-18H,4-14H2,1-3H3.